The van der Waals surface area contributed by atoms with Crippen LogP contribution in [0.4, 0.5) is 17.1 Å². The molecule has 0 atom stereocenters. The van der Waals surface area contributed by atoms with Gasteiger partial charge in [-0.25, -0.2) is 15.0 Å². The molecule has 0 amide bonds. The molecule has 2 aromatic heterocycles. The van der Waals surface area contributed by atoms with E-state index in [1.165, 1.54) is 43.8 Å². The van der Waals surface area contributed by atoms with Gasteiger partial charge in [0.2, 0.25) is 0 Å². The van der Waals surface area contributed by atoms with Gasteiger partial charge >= 0.3 is 0 Å². The summed E-state index contributed by atoms with van der Waals surface area (Å²) < 4.78 is 2.37. The van der Waals surface area contributed by atoms with Crippen molar-refractivity contribution in [3.8, 4) is 73.2 Å². The van der Waals surface area contributed by atoms with E-state index in [9.17, 15) is 0 Å². The van der Waals surface area contributed by atoms with Crippen LogP contribution < -0.4 is 4.90 Å². The Bertz CT molecular complexity index is 3730. The van der Waals surface area contributed by atoms with E-state index in [1.807, 2.05) is 36.4 Å². The van der Waals surface area contributed by atoms with E-state index >= 15 is 0 Å². The van der Waals surface area contributed by atoms with E-state index in [2.05, 4.69) is 210 Å². The molecule has 66 heavy (non-hydrogen) atoms. The molecule has 0 aliphatic heterocycles. The highest BCUT2D eigenvalue weighted by atomic mass is 15.1. The average molecular weight is 842 g/mol. The van der Waals surface area contributed by atoms with Crippen molar-refractivity contribution >= 4 is 49.6 Å². The van der Waals surface area contributed by atoms with Crippen molar-refractivity contribution in [2.24, 2.45) is 0 Å². The Balaban J connectivity index is 1.08. The minimum Gasteiger partial charge on any atom is -0.310 e. The van der Waals surface area contributed by atoms with Gasteiger partial charge in [-0.05, 0) is 93.7 Å². The molecule has 0 fully saturated rings. The van der Waals surface area contributed by atoms with Gasteiger partial charge in [0.05, 0.1) is 16.7 Å². The van der Waals surface area contributed by atoms with Crippen molar-refractivity contribution in [1.29, 1.82) is 0 Å². The van der Waals surface area contributed by atoms with Crippen molar-refractivity contribution in [2.45, 2.75) is 0 Å². The number of para-hydroxylation sites is 2. The molecule has 0 N–H and O–H groups in total. The van der Waals surface area contributed by atoms with E-state index < -0.39 is 0 Å². The maximum absolute atomic E-state index is 5.29. The summed E-state index contributed by atoms with van der Waals surface area (Å²) >= 11 is 0. The highest BCUT2D eigenvalue weighted by Gasteiger charge is 2.31. The standard InChI is InChI=1S/C61H39N5/c1-5-17-40(18-6-1)41-31-33-46(34-32-41)65(47-35-37-54-52(39-47)48-27-13-14-30-53(48)66(54)45-25-11-4-12-26-45)55-38-36-51(57-49-28-15-23-42-24-16-29-50(56(42)49)58(55)57)61-63-59(43-19-7-2-8-20-43)62-60(64-61)44-21-9-3-10-22-44/h1-39H. The summed E-state index contributed by atoms with van der Waals surface area (Å²) in [5, 5.41) is 4.81. The van der Waals surface area contributed by atoms with Gasteiger partial charge in [-0.1, -0.05) is 176 Å². The number of aromatic nitrogens is 4. The average Bonchev–Trinajstić information content (AvgIpc) is 3.92. The molecule has 0 radical (unpaired) electrons. The molecular formula is C61H39N5. The second-order valence-electron chi connectivity index (χ2n) is 16.8. The van der Waals surface area contributed by atoms with E-state index in [0.717, 1.165) is 61.6 Å². The first kappa shape index (κ1) is 37.6. The third-order valence-corrected chi connectivity index (χ3v) is 13.0. The molecule has 0 saturated heterocycles. The number of benzene rings is 10. The van der Waals surface area contributed by atoms with Crippen molar-refractivity contribution < 1.29 is 0 Å². The molecule has 1 aliphatic carbocycles. The molecule has 1 aliphatic rings. The largest absolute Gasteiger partial charge is 0.310 e. The SMILES string of the molecule is c1ccc(-c2ccc(N(c3ccc4c(c3)c3ccccc3n4-c3ccccc3)c3ccc(-c4nc(-c5ccccc5)nc(-c5ccccc5)n4)c4c3-c3cccc5cccc-4c35)cc2)cc1. The van der Waals surface area contributed by atoms with Crippen LogP contribution in [0, 0.1) is 0 Å². The summed E-state index contributed by atoms with van der Waals surface area (Å²) in [5.74, 6) is 1.90. The van der Waals surface area contributed by atoms with Gasteiger partial charge in [0, 0.05) is 55.7 Å². The van der Waals surface area contributed by atoms with Crippen molar-refractivity contribution in [2.75, 3.05) is 4.90 Å². The number of nitrogens with zero attached hydrogens (tertiary/aromatic N) is 5. The van der Waals surface area contributed by atoms with Crippen LogP contribution >= 0.6 is 0 Å². The molecule has 10 aromatic carbocycles. The quantitative estimate of drug-likeness (QED) is 0.153. The minimum atomic E-state index is 0.629. The molecule has 0 spiro atoms. The van der Waals surface area contributed by atoms with E-state index in [0.29, 0.717) is 17.5 Å². The van der Waals surface area contributed by atoms with Gasteiger partial charge in [0.25, 0.3) is 0 Å². The van der Waals surface area contributed by atoms with E-state index in [1.54, 1.807) is 0 Å². The molecule has 2 heterocycles. The van der Waals surface area contributed by atoms with Crippen LogP contribution in [0.5, 0.6) is 0 Å². The van der Waals surface area contributed by atoms with Crippen LogP contribution in [0.15, 0.2) is 237 Å². The molecule has 308 valence electrons. The van der Waals surface area contributed by atoms with Crippen LogP contribution in [0.25, 0.3) is 106 Å². The Labute approximate surface area is 382 Å². The van der Waals surface area contributed by atoms with Crippen LogP contribution in [0.1, 0.15) is 0 Å². The molecule has 5 nitrogen and oxygen atoms in total. The number of hydrogen-bond acceptors (Lipinski definition) is 4. The zero-order chi connectivity index (χ0) is 43.6. The van der Waals surface area contributed by atoms with E-state index in [4.69, 9.17) is 15.0 Å². The van der Waals surface area contributed by atoms with Crippen molar-refractivity contribution in [1.82, 2.24) is 19.5 Å². The van der Waals surface area contributed by atoms with Crippen LogP contribution in [0.2, 0.25) is 0 Å². The maximum atomic E-state index is 5.29. The predicted octanol–water partition coefficient (Wildman–Crippen LogP) is 15.9. The fraction of sp³-hybridized carbons (Fsp3) is 0. The van der Waals surface area contributed by atoms with Crippen LogP contribution in [-0.4, -0.2) is 19.5 Å². The number of fused-ring (bicyclic) bond motifs is 6. The third kappa shape index (κ3) is 6.13. The Morgan fingerprint density at radius 3 is 1.53 bits per heavy atom. The van der Waals surface area contributed by atoms with Crippen LogP contribution in [-0.2, 0) is 0 Å². The summed E-state index contributed by atoms with van der Waals surface area (Å²) in [6.45, 7) is 0. The molecule has 0 saturated carbocycles. The van der Waals surface area contributed by atoms with Gasteiger partial charge in [0.1, 0.15) is 0 Å². The number of hydrogen-bond donors (Lipinski definition) is 0. The van der Waals surface area contributed by atoms with E-state index in [-0.39, 0.29) is 0 Å². The zero-order valence-electron chi connectivity index (χ0n) is 35.8. The first-order chi connectivity index (χ1) is 32.7. The Kier molecular flexibility index (Phi) is 8.78. The van der Waals surface area contributed by atoms with Crippen molar-refractivity contribution in [3.63, 3.8) is 0 Å². The lowest BCUT2D eigenvalue weighted by Gasteiger charge is -2.29. The number of rotatable bonds is 8. The summed E-state index contributed by atoms with van der Waals surface area (Å²) in [5.41, 5.74) is 16.4. The summed E-state index contributed by atoms with van der Waals surface area (Å²) in [6.07, 6.45) is 0. The Hall–Kier alpha value is -8.93. The predicted molar refractivity (Wildman–Crippen MR) is 273 cm³/mol. The molecular weight excluding hydrogens is 803 g/mol. The normalized spacial score (nSPS) is 11.6. The molecule has 13 rings (SSSR count). The van der Waals surface area contributed by atoms with Gasteiger partial charge in [-0.15, -0.1) is 0 Å². The summed E-state index contributed by atoms with van der Waals surface area (Å²) in [6, 6.07) is 84.1. The van der Waals surface area contributed by atoms with Gasteiger partial charge in [-0.2, -0.15) is 0 Å². The molecule has 0 unspecified atom stereocenters. The second kappa shape index (κ2) is 15.4. The lowest BCUT2D eigenvalue weighted by atomic mass is 9.94. The fourth-order valence-electron chi connectivity index (χ4n) is 10.0. The lowest BCUT2D eigenvalue weighted by molar-refractivity contribution is 1.07. The third-order valence-electron chi connectivity index (χ3n) is 13.0. The smallest absolute Gasteiger partial charge is 0.164 e. The summed E-state index contributed by atoms with van der Waals surface area (Å²) in [4.78, 5) is 18.1. The van der Waals surface area contributed by atoms with Crippen LogP contribution in [0.3, 0.4) is 0 Å². The van der Waals surface area contributed by atoms with Gasteiger partial charge in [-0.3, -0.25) is 0 Å². The topological polar surface area (TPSA) is 46.8 Å². The Morgan fingerprint density at radius 2 is 0.864 bits per heavy atom. The highest BCUT2D eigenvalue weighted by molar-refractivity contribution is 6.21. The molecule has 12 aromatic rings. The Morgan fingerprint density at radius 1 is 0.333 bits per heavy atom. The number of anilines is 3. The molecule has 5 heteroatoms. The first-order valence-corrected chi connectivity index (χ1v) is 22.4. The molecule has 0 bridgehead atoms. The summed E-state index contributed by atoms with van der Waals surface area (Å²) in [7, 11) is 0. The highest BCUT2D eigenvalue weighted by Crippen LogP contribution is 2.56. The zero-order valence-corrected chi connectivity index (χ0v) is 35.8. The monoisotopic (exact) mass is 841 g/mol. The maximum Gasteiger partial charge on any atom is 0.164 e. The minimum absolute atomic E-state index is 0.629. The first-order valence-electron chi connectivity index (χ1n) is 22.4. The van der Waals surface area contributed by atoms with Gasteiger partial charge in [0.15, 0.2) is 17.5 Å². The fourth-order valence-corrected chi connectivity index (χ4v) is 10.0. The van der Waals surface area contributed by atoms with Gasteiger partial charge < -0.3 is 9.47 Å². The second-order valence-corrected chi connectivity index (χ2v) is 16.8. The lowest BCUT2D eigenvalue weighted by Crippen LogP contribution is -2.12. The van der Waals surface area contributed by atoms with Crippen molar-refractivity contribution in [3.05, 3.63) is 237 Å².